The van der Waals surface area contributed by atoms with E-state index in [9.17, 15) is 0 Å². The van der Waals surface area contributed by atoms with Crippen LogP contribution in [0.5, 0.6) is 0 Å². The Morgan fingerprint density at radius 3 is 2.70 bits per heavy atom. The van der Waals surface area contributed by atoms with Gasteiger partial charge in [0.25, 0.3) is 0 Å². The Morgan fingerprint density at radius 1 is 1.60 bits per heavy atom. The van der Waals surface area contributed by atoms with Crippen LogP contribution in [-0.2, 0) is 6.54 Å². The number of hydrogen-bond donors (Lipinski definition) is 2. The lowest BCUT2D eigenvalue weighted by Crippen LogP contribution is -2.20. The third kappa shape index (κ3) is 1.56. The van der Waals surface area contributed by atoms with Gasteiger partial charge in [-0.15, -0.1) is 11.3 Å². The molecule has 1 aromatic rings. The predicted octanol–water partition coefficient (Wildman–Crippen LogP) is 1.33. The van der Waals surface area contributed by atoms with Crippen molar-refractivity contribution in [1.29, 1.82) is 0 Å². The van der Waals surface area contributed by atoms with Crippen LogP contribution in [0.2, 0.25) is 0 Å². The van der Waals surface area contributed by atoms with Gasteiger partial charge in [0.2, 0.25) is 0 Å². The molecule has 0 aliphatic heterocycles. The third-order valence-electron chi connectivity index (χ3n) is 1.44. The molecule has 0 aliphatic carbocycles. The number of hydrogen-bond acceptors (Lipinski definition) is 3. The van der Waals surface area contributed by atoms with Gasteiger partial charge in [-0.25, -0.2) is 0 Å². The summed E-state index contributed by atoms with van der Waals surface area (Å²) in [5.74, 6) is 5.19. The van der Waals surface area contributed by atoms with Crippen LogP contribution >= 0.6 is 11.3 Å². The van der Waals surface area contributed by atoms with Gasteiger partial charge < -0.3 is 0 Å². The molecule has 0 unspecified atom stereocenters. The minimum absolute atomic E-state index is 0.774. The lowest BCUT2D eigenvalue weighted by atomic mass is 10.2. The minimum atomic E-state index is 0.774. The van der Waals surface area contributed by atoms with Crippen LogP contribution in [-0.4, -0.2) is 0 Å². The molecule has 0 atom stereocenters. The maximum Gasteiger partial charge on any atom is 0.0359 e. The van der Waals surface area contributed by atoms with E-state index in [4.69, 9.17) is 5.84 Å². The molecular weight excluding hydrogens is 144 g/mol. The Hall–Kier alpha value is -0.380. The summed E-state index contributed by atoms with van der Waals surface area (Å²) in [4.78, 5) is 2.71. The van der Waals surface area contributed by atoms with Crippen LogP contribution in [0.4, 0.5) is 0 Å². The fourth-order valence-electron chi connectivity index (χ4n) is 0.969. The highest BCUT2D eigenvalue weighted by Crippen LogP contribution is 2.19. The van der Waals surface area contributed by atoms with Gasteiger partial charge >= 0.3 is 0 Å². The lowest BCUT2D eigenvalue weighted by molar-refractivity contribution is 0.740. The van der Waals surface area contributed by atoms with E-state index >= 15 is 0 Å². The van der Waals surface area contributed by atoms with Crippen LogP contribution in [0.25, 0.3) is 0 Å². The van der Waals surface area contributed by atoms with E-state index in [1.165, 1.54) is 15.3 Å². The third-order valence-corrected chi connectivity index (χ3v) is 2.44. The smallest absolute Gasteiger partial charge is 0.0359 e. The van der Waals surface area contributed by atoms with Crippen LogP contribution < -0.4 is 11.3 Å². The molecule has 0 spiro atoms. The van der Waals surface area contributed by atoms with E-state index in [0.717, 1.165) is 6.54 Å². The van der Waals surface area contributed by atoms with Crippen molar-refractivity contribution in [2.45, 2.75) is 20.4 Å². The minimum Gasteiger partial charge on any atom is -0.271 e. The molecule has 3 N–H and O–H groups in total. The van der Waals surface area contributed by atoms with Crippen molar-refractivity contribution >= 4 is 11.3 Å². The Labute approximate surface area is 65.0 Å². The summed E-state index contributed by atoms with van der Waals surface area (Å²) in [5.41, 5.74) is 3.96. The normalized spacial score (nSPS) is 10.3. The van der Waals surface area contributed by atoms with Gasteiger partial charge in [0.1, 0.15) is 0 Å². The van der Waals surface area contributed by atoms with Gasteiger partial charge in [0, 0.05) is 16.3 Å². The average Bonchev–Trinajstić information content (AvgIpc) is 2.13. The van der Waals surface area contributed by atoms with E-state index in [1.54, 1.807) is 0 Å². The van der Waals surface area contributed by atoms with E-state index in [1.807, 2.05) is 11.3 Å². The van der Waals surface area contributed by atoms with Crippen LogP contribution in [0.1, 0.15) is 15.3 Å². The van der Waals surface area contributed by atoms with E-state index in [0.29, 0.717) is 0 Å². The first kappa shape index (κ1) is 7.72. The topological polar surface area (TPSA) is 38.0 Å². The van der Waals surface area contributed by atoms with Crippen molar-refractivity contribution in [2.24, 2.45) is 5.84 Å². The number of hydrazine groups is 1. The van der Waals surface area contributed by atoms with Crippen molar-refractivity contribution in [3.8, 4) is 0 Å². The van der Waals surface area contributed by atoms with Gasteiger partial charge in [-0.3, -0.25) is 11.3 Å². The SMILES string of the molecule is Cc1cc(CNN)c(C)s1. The van der Waals surface area contributed by atoms with E-state index in [2.05, 4.69) is 25.3 Å². The average molecular weight is 156 g/mol. The maximum atomic E-state index is 5.19. The Bertz CT molecular complexity index is 217. The van der Waals surface area contributed by atoms with Crippen LogP contribution in [0, 0.1) is 13.8 Å². The zero-order valence-electron chi connectivity index (χ0n) is 6.27. The first-order valence-corrected chi connectivity index (χ1v) is 4.05. The molecule has 0 radical (unpaired) electrons. The highest BCUT2D eigenvalue weighted by molar-refractivity contribution is 7.12. The van der Waals surface area contributed by atoms with E-state index in [-0.39, 0.29) is 0 Å². The van der Waals surface area contributed by atoms with Gasteiger partial charge in [-0.05, 0) is 25.5 Å². The summed E-state index contributed by atoms with van der Waals surface area (Å²) in [6.07, 6.45) is 0. The molecule has 10 heavy (non-hydrogen) atoms. The summed E-state index contributed by atoms with van der Waals surface area (Å²) in [5, 5.41) is 0. The first-order valence-electron chi connectivity index (χ1n) is 3.23. The molecule has 56 valence electrons. The molecule has 0 saturated carbocycles. The fraction of sp³-hybridized carbons (Fsp3) is 0.429. The Balaban J connectivity index is 2.81. The second kappa shape index (κ2) is 3.14. The number of nitrogens with one attached hydrogen (secondary N) is 1. The molecule has 2 nitrogen and oxygen atoms in total. The highest BCUT2D eigenvalue weighted by Gasteiger charge is 1.99. The first-order chi connectivity index (χ1) is 4.74. The molecular formula is C7H12N2S. The standard InChI is InChI=1S/C7H12N2S/c1-5-3-7(4-9-8)6(2)10-5/h3,9H,4,8H2,1-2H3. The summed E-state index contributed by atoms with van der Waals surface area (Å²) >= 11 is 1.81. The van der Waals surface area contributed by atoms with Crippen molar-refractivity contribution in [2.75, 3.05) is 0 Å². The molecule has 1 heterocycles. The molecule has 0 aromatic carbocycles. The quantitative estimate of drug-likeness (QED) is 0.501. The molecule has 3 heteroatoms. The molecule has 0 amide bonds. The zero-order valence-corrected chi connectivity index (χ0v) is 7.09. The fourth-order valence-corrected chi connectivity index (χ4v) is 1.92. The van der Waals surface area contributed by atoms with E-state index < -0.39 is 0 Å². The van der Waals surface area contributed by atoms with Gasteiger partial charge in [0.05, 0.1) is 0 Å². The number of nitrogens with two attached hydrogens (primary N) is 1. The van der Waals surface area contributed by atoms with Crippen LogP contribution in [0.15, 0.2) is 6.07 Å². The monoisotopic (exact) mass is 156 g/mol. The second-order valence-corrected chi connectivity index (χ2v) is 3.78. The number of thiophene rings is 1. The Kier molecular flexibility index (Phi) is 2.43. The highest BCUT2D eigenvalue weighted by atomic mass is 32.1. The molecule has 0 aliphatic rings. The van der Waals surface area contributed by atoms with Crippen molar-refractivity contribution in [3.05, 3.63) is 21.4 Å². The molecule has 0 bridgehead atoms. The predicted molar refractivity (Wildman–Crippen MR) is 44.8 cm³/mol. The Morgan fingerprint density at radius 2 is 2.30 bits per heavy atom. The lowest BCUT2D eigenvalue weighted by Gasteiger charge is -1.94. The van der Waals surface area contributed by atoms with Crippen molar-refractivity contribution < 1.29 is 0 Å². The summed E-state index contributed by atoms with van der Waals surface area (Å²) in [6.45, 7) is 5.00. The second-order valence-electron chi connectivity index (χ2n) is 2.32. The van der Waals surface area contributed by atoms with Gasteiger partial charge in [-0.1, -0.05) is 0 Å². The number of aryl methyl sites for hydroxylation is 2. The van der Waals surface area contributed by atoms with Gasteiger partial charge in [0.15, 0.2) is 0 Å². The van der Waals surface area contributed by atoms with Crippen LogP contribution in [0.3, 0.4) is 0 Å². The molecule has 0 saturated heterocycles. The van der Waals surface area contributed by atoms with Crippen molar-refractivity contribution in [3.63, 3.8) is 0 Å². The summed E-state index contributed by atoms with van der Waals surface area (Å²) in [7, 11) is 0. The molecule has 1 aromatic heterocycles. The van der Waals surface area contributed by atoms with Crippen molar-refractivity contribution in [1.82, 2.24) is 5.43 Å². The molecule has 1 rings (SSSR count). The summed E-state index contributed by atoms with van der Waals surface area (Å²) < 4.78 is 0. The maximum absolute atomic E-state index is 5.19. The number of rotatable bonds is 2. The largest absolute Gasteiger partial charge is 0.271 e. The molecule has 0 fully saturated rings. The zero-order chi connectivity index (χ0) is 7.56. The summed E-state index contributed by atoms with van der Waals surface area (Å²) in [6, 6.07) is 2.17. The van der Waals surface area contributed by atoms with Gasteiger partial charge in [-0.2, -0.15) is 0 Å².